The van der Waals surface area contributed by atoms with E-state index < -0.39 is 0 Å². The second-order valence-corrected chi connectivity index (χ2v) is 6.78. The van der Waals surface area contributed by atoms with Crippen LogP contribution in [0.25, 0.3) is 11.4 Å². The fourth-order valence-electron chi connectivity index (χ4n) is 2.33. The molecule has 0 bridgehead atoms. The Morgan fingerprint density at radius 2 is 1.76 bits per heavy atom. The SMILES string of the molecule is Cc1ccc(C)c(SCC(=O)Nc2cnc(-c3ccccc3)nc2)c1. The van der Waals surface area contributed by atoms with E-state index in [9.17, 15) is 4.79 Å². The normalized spacial score (nSPS) is 10.5. The number of carbonyl (C=O) groups excluding carboxylic acids is 1. The van der Waals surface area contributed by atoms with Crippen LogP contribution in [0.1, 0.15) is 11.1 Å². The molecular formula is C20H19N3OS. The maximum Gasteiger partial charge on any atom is 0.234 e. The molecule has 4 nitrogen and oxygen atoms in total. The minimum atomic E-state index is -0.0676. The summed E-state index contributed by atoms with van der Waals surface area (Å²) in [6, 6.07) is 16.0. The van der Waals surface area contributed by atoms with E-state index in [1.807, 2.05) is 30.3 Å². The molecule has 1 aromatic heterocycles. The highest BCUT2D eigenvalue weighted by Crippen LogP contribution is 2.23. The summed E-state index contributed by atoms with van der Waals surface area (Å²) in [5.74, 6) is 0.926. The van der Waals surface area contributed by atoms with Crippen molar-refractivity contribution < 1.29 is 4.79 Å². The maximum absolute atomic E-state index is 12.1. The molecule has 0 spiro atoms. The molecule has 0 aliphatic carbocycles. The number of aryl methyl sites for hydroxylation is 2. The number of nitrogens with one attached hydrogen (secondary N) is 1. The molecule has 1 N–H and O–H groups in total. The van der Waals surface area contributed by atoms with Gasteiger partial charge < -0.3 is 5.32 Å². The smallest absolute Gasteiger partial charge is 0.234 e. The van der Waals surface area contributed by atoms with Crippen LogP contribution in [0.15, 0.2) is 65.8 Å². The molecule has 0 aliphatic rings. The first-order valence-corrected chi connectivity index (χ1v) is 8.98. The summed E-state index contributed by atoms with van der Waals surface area (Å²) in [6.07, 6.45) is 3.27. The quantitative estimate of drug-likeness (QED) is 0.690. The Labute approximate surface area is 151 Å². The molecule has 126 valence electrons. The van der Waals surface area contributed by atoms with E-state index in [4.69, 9.17) is 0 Å². The Balaban J connectivity index is 1.59. The predicted molar refractivity (Wildman–Crippen MR) is 103 cm³/mol. The number of anilines is 1. The van der Waals surface area contributed by atoms with Crippen LogP contribution in [0.2, 0.25) is 0 Å². The van der Waals surface area contributed by atoms with Crippen LogP contribution in [-0.4, -0.2) is 21.6 Å². The van der Waals surface area contributed by atoms with Gasteiger partial charge in [0.15, 0.2) is 5.82 Å². The lowest BCUT2D eigenvalue weighted by atomic mass is 10.2. The highest BCUT2D eigenvalue weighted by molar-refractivity contribution is 8.00. The van der Waals surface area contributed by atoms with E-state index in [0.717, 1.165) is 10.5 Å². The number of hydrogen-bond acceptors (Lipinski definition) is 4. The molecule has 2 aromatic carbocycles. The van der Waals surface area contributed by atoms with E-state index in [2.05, 4.69) is 47.3 Å². The number of carbonyl (C=O) groups is 1. The zero-order valence-electron chi connectivity index (χ0n) is 14.2. The van der Waals surface area contributed by atoms with Gasteiger partial charge in [-0.15, -0.1) is 11.8 Å². The molecule has 0 fully saturated rings. The van der Waals surface area contributed by atoms with Crippen molar-refractivity contribution in [3.63, 3.8) is 0 Å². The molecule has 1 amide bonds. The van der Waals surface area contributed by atoms with E-state index in [1.165, 1.54) is 22.9 Å². The average Bonchev–Trinajstić information content (AvgIpc) is 2.64. The van der Waals surface area contributed by atoms with Gasteiger partial charge in [-0.05, 0) is 25.5 Å². The summed E-state index contributed by atoms with van der Waals surface area (Å²) in [5, 5.41) is 2.84. The third-order valence-corrected chi connectivity index (χ3v) is 4.83. The van der Waals surface area contributed by atoms with Gasteiger partial charge in [0.25, 0.3) is 0 Å². The summed E-state index contributed by atoms with van der Waals surface area (Å²) >= 11 is 1.54. The predicted octanol–water partition coefficient (Wildman–Crippen LogP) is 4.49. The van der Waals surface area contributed by atoms with Crippen LogP contribution in [0.4, 0.5) is 5.69 Å². The molecule has 3 rings (SSSR count). The summed E-state index contributed by atoms with van der Waals surface area (Å²) in [7, 11) is 0. The number of amides is 1. The van der Waals surface area contributed by atoms with Crippen molar-refractivity contribution in [2.24, 2.45) is 0 Å². The number of hydrogen-bond donors (Lipinski definition) is 1. The van der Waals surface area contributed by atoms with Crippen LogP contribution in [0.3, 0.4) is 0 Å². The fourth-order valence-corrected chi connectivity index (χ4v) is 3.26. The molecule has 1 heterocycles. The highest BCUT2D eigenvalue weighted by Gasteiger charge is 2.07. The van der Waals surface area contributed by atoms with Gasteiger partial charge >= 0.3 is 0 Å². The molecule has 0 atom stereocenters. The average molecular weight is 349 g/mol. The van der Waals surface area contributed by atoms with Crippen molar-refractivity contribution >= 4 is 23.4 Å². The van der Waals surface area contributed by atoms with Gasteiger partial charge in [-0.1, -0.05) is 48.0 Å². The molecule has 0 unspecified atom stereocenters. The summed E-state index contributed by atoms with van der Waals surface area (Å²) in [5.41, 5.74) is 3.93. The van der Waals surface area contributed by atoms with Crippen molar-refractivity contribution in [1.82, 2.24) is 9.97 Å². The number of nitrogens with zero attached hydrogens (tertiary/aromatic N) is 2. The summed E-state index contributed by atoms with van der Waals surface area (Å²) in [4.78, 5) is 21.9. The zero-order chi connectivity index (χ0) is 17.6. The minimum absolute atomic E-state index is 0.0676. The monoisotopic (exact) mass is 349 g/mol. The van der Waals surface area contributed by atoms with Crippen LogP contribution in [0, 0.1) is 13.8 Å². The molecule has 0 saturated heterocycles. The lowest BCUT2D eigenvalue weighted by Crippen LogP contribution is -2.14. The Hall–Kier alpha value is -2.66. The Morgan fingerprint density at radius 1 is 1.04 bits per heavy atom. The Bertz CT molecular complexity index is 864. The largest absolute Gasteiger partial charge is 0.323 e. The second-order valence-electron chi connectivity index (χ2n) is 5.77. The van der Waals surface area contributed by atoms with Gasteiger partial charge in [0.1, 0.15) is 0 Å². The van der Waals surface area contributed by atoms with Crippen LogP contribution < -0.4 is 5.32 Å². The topological polar surface area (TPSA) is 54.9 Å². The lowest BCUT2D eigenvalue weighted by molar-refractivity contribution is -0.113. The van der Waals surface area contributed by atoms with Crippen LogP contribution in [-0.2, 0) is 4.79 Å². The van der Waals surface area contributed by atoms with E-state index in [-0.39, 0.29) is 5.91 Å². The zero-order valence-corrected chi connectivity index (χ0v) is 15.0. The van der Waals surface area contributed by atoms with Gasteiger partial charge in [0, 0.05) is 10.5 Å². The van der Waals surface area contributed by atoms with E-state index in [0.29, 0.717) is 17.3 Å². The van der Waals surface area contributed by atoms with Gasteiger partial charge in [0.05, 0.1) is 23.8 Å². The van der Waals surface area contributed by atoms with Gasteiger partial charge in [-0.25, -0.2) is 9.97 Å². The van der Waals surface area contributed by atoms with Crippen molar-refractivity contribution in [2.75, 3.05) is 11.1 Å². The minimum Gasteiger partial charge on any atom is -0.323 e. The first kappa shape index (κ1) is 17.2. The van der Waals surface area contributed by atoms with Crippen molar-refractivity contribution in [2.45, 2.75) is 18.7 Å². The molecule has 3 aromatic rings. The first-order chi connectivity index (χ1) is 12.1. The molecule has 0 radical (unpaired) electrons. The number of rotatable bonds is 5. The van der Waals surface area contributed by atoms with Gasteiger partial charge in [-0.2, -0.15) is 0 Å². The molecule has 25 heavy (non-hydrogen) atoms. The number of benzene rings is 2. The number of aromatic nitrogens is 2. The standard InChI is InChI=1S/C20H19N3OS/c1-14-8-9-15(2)18(10-14)25-13-19(24)23-17-11-21-20(22-12-17)16-6-4-3-5-7-16/h3-12H,13H2,1-2H3,(H,23,24). The number of thioether (sulfide) groups is 1. The van der Waals surface area contributed by atoms with E-state index >= 15 is 0 Å². The van der Waals surface area contributed by atoms with Crippen molar-refractivity contribution in [1.29, 1.82) is 0 Å². The van der Waals surface area contributed by atoms with Gasteiger partial charge in [0.2, 0.25) is 5.91 Å². The third kappa shape index (κ3) is 4.67. The van der Waals surface area contributed by atoms with Gasteiger partial charge in [-0.3, -0.25) is 4.79 Å². The highest BCUT2D eigenvalue weighted by atomic mass is 32.2. The molecule has 5 heteroatoms. The van der Waals surface area contributed by atoms with E-state index in [1.54, 1.807) is 12.4 Å². The van der Waals surface area contributed by atoms with Crippen LogP contribution in [0.5, 0.6) is 0 Å². The second kappa shape index (κ2) is 7.94. The summed E-state index contributed by atoms with van der Waals surface area (Å²) in [6.45, 7) is 4.10. The third-order valence-electron chi connectivity index (χ3n) is 3.67. The fraction of sp³-hybridized carbons (Fsp3) is 0.150. The lowest BCUT2D eigenvalue weighted by Gasteiger charge is -2.08. The first-order valence-electron chi connectivity index (χ1n) is 7.99. The molecular weight excluding hydrogens is 330 g/mol. The Kier molecular flexibility index (Phi) is 5.46. The van der Waals surface area contributed by atoms with Crippen LogP contribution >= 0.6 is 11.8 Å². The maximum atomic E-state index is 12.1. The van der Waals surface area contributed by atoms with Crippen molar-refractivity contribution in [3.05, 3.63) is 72.1 Å². The molecule has 0 saturated carbocycles. The molecule has 0 aliphatic heterocycles. The Morgan fingerprint density at radius 3 is 2.48 bits per heavy atom. The van der Waals surface area contributed by atoms with Crippen molar-refractivity contribution in [3.8, 4) is 11.4 Å². The summed E-state index contributed by atoms with van der Waals surface area (Å²) < 4.78 is 0.